The largest absolute Gasteiger partial charge is 0.372 e. The molecule has 1 atom stereocenters. The highest BCUT2D eigenvalue weighted by Crippen LogP contribution is 2.26. The molecule has 1 aliphatic rings. The van der Waals surface area contributed by atoms with Gasteiger partial charge in [0.2, 0.25) is 0 Å². The van der Waals surface area contributed by atoms with Crippen LogP contribution in [0, 0.1) is 6.92 Å². The lowest BCUT2D eigenvalue weighted by Crippen LogP contribution is -2.24. The van der Waals surface area contributed by atoms with Crippen molar-refractivity contribution in [2.24, 2.45) is 0 Å². The van der Waals surface area contributed by atoms with Crippen molar-refractivity contribution < 1.29 is 9.53 Å². The average molecular weight is 342 g/mol. The summed E-state index contributed by atoms with van der Waals surface area (Å²) in [5, 5.41) is 7.53. The minimum absolute atomic E-state index is 0.0749. The van der Waals surface area contributed by atoms with Crippen LogP contribution in [0.2, 0.25) is 0 Å². The van der Waals surface area contributed by atoms with Crippen molar-refractivity contribution in [2.75, 3.05) is 31.6 Å². The summed E-state index contributed by atoms with van der Waals surface area (Å²) in [5.41, 5.74) is 2.23. The van der Waals surface area contributed by atoms with Gasteiger partial charge in [-0.05, 0) is 25.8 Å². The molecule has 0 spiro atoms. The quantitative estimate of drug-likeness (QED) is 0.840. The Labute approximate surface area is 148 Å². The number of nitrogens with one attached hydrogen (secondary N) is 1. The van der Waals surface area contributed by atoms with Gasteiger partial charge >= 0.3 is 0 Å². The molecule has 25 heavy (non-hydrogen) atoms. The first-order valence-corrected chi connectivity index (χ1v) is 8.85. The SMILES string of the molecule is CCOCC(=O)Nc1cc(C)nn1[C@@H]1CCN(Cc2ccccc2)C1. The number of nitrogens with zero attached hydrogens (tertiary/aromatic N) is 3. The number of aromatic nitrogens is 2. The van der Waals surface area contributed by atoms with E-state index in [4.69, 9.17) is 4.74 Å². The van der Waals surface area contributed by atoms with Gasteiger partial charge in [0.15, 0.2) is 0 Å². The van der Waals surface area contributed by atoms with Gasteiger partial charge in [-0.25, -0.2) is 4.68 Å². The minimum Gasteiger partial charge on any atom is -0.372 e. The number of amides is 1. The zero-order chi connectivity index (χ0) is 17.6. The van der Waals surface area contributed by atoms with Crippen molar-refractivity contribution >= 4 is 11.7 Å². The Morgan fingerprint density at radius 1 is 1.36 bits per heavy atom. The molecular weight excluding hydrogens is 316 g/mol. The molecule has 6 heteroatoms. The lowest BCUT2D eigenvalue weighted by Gasteiger charge is -2.18. The number of carbonyl (C=O) groups is 1. The molecule has 0 radical (unpaired) electrons. The maximum Gasteiger partial charge on any atom is 0.251 e. The highest BCUT2D eigenvalue weighted by molar-refractivity contribution is 5.90. The number of benzene rings is 1. The van der Waals surface area contributed by atoms with E-state index < -0.39 is 0 Å². The van der Waals surface area contributed by atoms with Gasteiger partial charge in [0, 0.05) is 32.3 Å². The van der Waals surface area contributed by atoms with Crippen LogP contribution in [0.3, 0.4) is 0 Å². The fourth-order valence-electron chi connectivity index (χ4n) is 3.26. The Morgan fingerprint density at radius 3 is 2.92 bits per heavy atom. The second-order valence-electron chi connectivity index (χ2n) is 6.46. The zero-order valence-corrected chi connectivity index (χ0v) is 14.9. The fraction of sp³-hybridized carbons (Fsp3) is 0.474. The van der Waals surface area contributed by atoms with E-state index >= 15 is 0 Å². The monoisotopic (exact) mass is 342 g/mol. The first kappa shape index (κ1) is 17.6. The summed E-state index contributed by atoms with van der Waals surface area (Å²) in [6.07, 6.45) is 1.03. The summed E-state index contributed by atoms with van der Waals surface area (Å²) < 4.78 is 7.14. The van der Waals surface area contributed by atoms with Crippen LogP contribution in [0.15, 0.2) is 36.4 Å². The summed E-state index contributed by atoms with van der Waals surface area (Å²) in [4.78, 5) is 14.4. The molecule has 0 saturated carbocycles. The second-order valence-corrected chi connectivity index (χ2v) is 6.46. The van der Waals surface area contributed by atoms with Crippen molar-refractivity contribution in [2.45, 2.75) is 32.9 Å². The van der Waals surface area contributed by atoms with Crippen molar-refractivity contribution in [1.82, 2.24) is 14.7 Å². The molecule has 134 valence electrons. The normalized spacial score (nSPS) is 17.8. The summed E-state index contributed by atoms with van der Waals surface area (Å²) in [6, 6.07) is 12.7. The lowest BCUT2D eigenvalue weighted by atomic mass is 10.2. The number of hydrogen-bond donors (Lipinski definition) is 1. The molecule has 3 rings (SSSR count). The molecule has 2 aromatic rings. The van der Waals surface area contributed by atoms with Crippen molar-refractivity contribution in [3.05, 3.63) is 47.7 Å². The Morgan fingerprint density at radius 2 is 2.16 bits per heavy atom. The molecule has 1 aromatic heterocycles. The number of ether oxygens (including phenoxy) is 1. The van der Waals surface area contributed by atoms with Crippen LogP contribution < -0.4 is 5.32 Å². The van der Waals surface area contributed by atoms with E-state index in [1.54, 1.807) is 0 Å². The Hall–Kier alpha value is -2.18. The van der Waals surface area contributed by atoms with Crippen molar-refractivity contribution in [3.8, 4) is 0 Å². The van der Waals surface area contributed by atoms with Gasteiger partial charge in [-0.3, -0.25) is 9.69 Å². The van der Waals surface area contributed by atoms with Gasteiger partial charge in [0.1, 0.15) is 12.4 Å². The lowest BCUT2D eigenvalue weighted by molar-refractivity contribution is -0.120. The molecule has 6 nitrogen and oxygen atoms in total. The summed E-state index contributed by atoms with van der Waals surface area (Å²) in [6.45, 7) is 7.35. The molecule has 1 fully saturated rings. The van der Waals surface area contributed by atoms with Gasteiger partial charge < -0.3 is 10.1 Å². The van der Waals surface area contributed by atoms with E-state index in [0.717, 1.165) is 37.6 Å². The molecule has 1 N–H and O–H groups in total. The summed E-state index contributed by atoms with van der Waals surface area (Å²) >= 11 is 0. The highest BCUT2D eigenvalue weighted by atomic mass is 16.5. The van der Waals surface area contributed by atoms with E-state index in [9.17, 15) is 4.79 Å². The third kappa shape index (κ3) is 4.67. The van der Waals surface area contributed by atoms with Gasteiger partial charge in [-0.1, -0.05) is 30.3 Å². The first-order valence-electron chi connectivity index (χ1n) is 8.85. The number of likely N-dealkylation sites (tertiary alicyclic amines) is 1. The van der Waals surface area contributed by atoms with E-state index in [1.165, 1.54) is 5.56 Å². The van der Waals surface area contributed by atoms with E-state index in [1.807, 2.05) is 30.7 Å². The predicted octanol–water partition coefficient (Wildman–Crippen LogP) is 2.61. The Balaban J connectivity index is 1.63. The predicted molar refractivity (Wildman–Crippen MR) is 97.5 cm³/mol. The fourth-order valence-corrected chi connectivity index (χ4v) is 3.26. The number of hydrogen-bond acceptors (Lipinski definition) is 4. The van der Waals surface area contributed by atoms with Crippen LogP contribution in [-0.4, -0.2) is 46.9 Å². The van der Waals surface area contributed by atoms with E-state index in [0.29, 0.717) is 6.61 Å². The number of anilines is 1. The smallest absolute Gasteiger partial charge is 0.251 e. The van der Waals surface area contributed by atoms with Gasteiger partial charge in [0.05, 0.1) is 11.7 Å². The molecule has 0 unspecified atom stereocenters. The highest BCUT2D eigenvalue weighted by Gasteiger charge is 2.26. The van der Waals surface area contributed by atoms with Gasteiger partial charge in [-0.2, -0.15) is 5.10 Å². The number of rotatable bonds is 7. The average Bonchev–Trinajstić information content (AvgIpc) is 3.20. The van der Waals surface area contributed by atoms with Crippen LogP contribution in [-0.2, 0) is 16.1 Å². The molecule has 0 aliphatic carbocycles. The number of carbonyl (C=O) groups excluding carboxylic acids is 1. The van der Waals surface area contributed by atoms with E-state index in [-0.39, 0.29) is 18.6 Å². The summed E-state index contributed by atoms with van der Waals surface area (Å²) in [7, 11) is 0. The minimum atomic E-state index is -0.137. The van der Waals surface area contributed by atoms with E-state index in [2.05, 4.69) is 39.6 Å². The topological polar surface area (TPSA) is 59.4 Å². The molecule has 2 heterocycles. The van der Waals surface area contributed by atoms with Gasteiger partial charge in [0.25, 0.3) is 5.91 Å². The molecule has 1 amide bonds. The zero-order valence-electron chi connectivity index (χ0n) is 14.9. The van der Waals surface area contributed by atoms with Crippen molar-refractivity contribution in [3.63, 3.8) is 0 Å². The van der Waals surface area contributed by atoms with Crippen LogP contribution in [0.1, 0.15) is 30.6 Å². The third-order valence-electron chi connectivity index (χ3n) is 4.41. The standard InChI is InChI=1S/C19H26N4O2/c1-3-25-14-19(24)20-18-11-15(2)21-23(18)17-9-10-22(13-17)12-16-7-5-4-6-8-16/h4-8,11,17H,3,9-10,12-14H2,1-2H3,(H,20,24)/t17-/m1/s1. The van der Waals surface area contributed by atoms with Crippen LogP contribution in [0.5, 0.6) is 0 Å². The maximum atomic E-state index is 12.0. The first-order chi connectivity index (χ1) is 12.2. The van der Waals surface area contributed by atoms with Gasteiger partial charge in [-0.15, -0.1) is 0 Å². The molecule has 1 aliphatic heterocycles. The van der Waals surface area contributed by atoms with Crippen LogP contribution >= 0.6 is 0 Å². The van der Waals surface area contributed by atoms with Crippen molar-refractivity contribution in [1.29, 1.82) is 0 Å². The third-order valence-corrected chi connectivity index (χ3v) is 4.41. The molecule has 1 aromatic carbocycles. The van der Waals surface area contributed by atoms with Crippen LogP contribution in [0.4, 0.5) is 5.82 Å². The van der Waals surface area contributed by atoms with Crippen LogP contribution in [0.25, 0.3) is 0 Å². The molecule has 1 saturated heterocycles. The Kier molecular flexibility index (Phi) is 5.83. The second kappa shape index (κ2) is 8.27. The number of aryl methyl sites for hydroxylation is 1. The molecular formula is C19H26N4O2. The molecule has 0 bridgehead atoms. The maximum absolute atomic E-state index is 12.0. The Bertz CT molecular complexity index is 699. The summed E-state index contributed by atoms with van der Waals surface area (Å²) in [5.74, 6) is 0.621.